The Morgan fingerprint density at radius 3 is 3.05 bits per heavy atom. The van der Waals surface area contributed by atoms with Gasteiger partial charge in [0, 0.05) is 13.2 Å². The molecule has 20 heavy (non-hydrogen) atoms. The van der Waals surface area contributed by atoms with Crippen LogP contribution >= 0.6 is 0 Å². The lowest BCUT2D eigenvalue weighted by atomic mass is 9.95. The van der Waals surface area contributed by atoms with Gasteiger partial charge in [0.05, 0.1) is 12.8 Å². The van der Waals surface area contributed by atoms with Gasteiger partial charge in [-0.15, -0.1) is 0 Å². The molecular weight excluding hydrogens is 260 g/mol. The topological polar surface area (TPSA) is 82.8 Å². The molecule has 0 aliphatic carbocycles. The van der Waals surface area contributed by atoms with Gasteiger partial charge in [-0.25, -0.2) is 0 Å². The number of carbonyl (C=O) groups excluding carboxylic acids is 2. The van der Waals surface area contributed by atoms with E-state index in [4.69, 9.17) is 9.52 Å². The standard InChI is InChI=1S/C14H20N2O4/c17-7-5-11-3-1-6-16(9-11)10-13(18)15-14(19)12-4-2-8-20-12/h2,4,8,11,17H,1,3,5-7,9-10H2,(H,15,18,19). The maximum absolute atomic E-state index is 11.8. The van der Waals surface area contributed by atoms with Crippen molar-refractivity contribution in [3.63, 3.8) is 0 Å². The molecule has 0 saturated carbocycles. The maximum Gasteiger partial charge on any atom is 0.293 e. The average Bonchev–Trinajstić information content (AvgIpc) is 2.93. The molecule has 1 aliphatic rings. The quantitative estimate of drug-likeness (QED) is 0.826. The van der Waals surface area contributed by atoms with Crippen LogP contribution in [-0.4, -0.2) is 48.1 Å². The van der Waals surface area contributed by atoms with Crippen molar-refractivity contribution in [3.05, 3.63) is 24.2 Å². The van der Waals surface area contributed by atoms with E-state index >= 15 is 0 Å². The first-order valence-corrected chi connectivity index (χ1v) is 6.90. The monoisotopic (exact) mass is 280 g/mol. The minimum atomic E-state index is -0.510. The Labute approximate surface area is 117 Å². The van der Waals surface area contributed by atoms with Crippen LogP contribution in [0, 0.1) is 5.92 Å². The van der Waals surface area contributed by atoms with Crippen LogP contribution in [-0.2, 0) is 4.79 Å². The van der Waals surface area contributed by atoms with Gasteiger partial charge in [0.25, 0.3) is 5.91 Å². The molecule has 1 aromatic heterocycles. The maximum atomic E-state index is 11.8. The zero-order chi connectivity index (χ0) is 14.4. The molecule has 1 aromatic rings. The Hall–Kier alpha value is -1.66. The number of hydrogen-bond donors (Lipinski definition) is 2. The second kappa shape index (κ2) is 7.21. The first-order chi connectivity index (χ1) is 9.69. The zero-order valence-corrected chi connectivity index (χ0v) is 11.4. The van der Waals surface area contributed by atoms with Crippen molar-refractivity contribution in [1.29, 1.82) is 0 Å². The molecule has 1 aliphatic heterocycles. The van der Waals surface area contributed by atoms with Crippen LogP contribution in [0.1, 0.15) is 29.8 Å². The Morgan fingerprint density at radius 2 is 2.35 bits per heavy atom. The summed E-state index contributed by atoms with van der Waals surface area (Å²) >= 11 is 0. The Morgan fingerprint density at radius 1 is 1.50 bits per heavy atom. The summed E-state index contributed by atoms with van der Waals surface area (Å²) in [5.74, 6) is -0.266. The van der Waals surface area contributed by atoms with Crippen molar-refractivity contribution in [2.75, 3.05) is 26.2 Å². The number of carbonyl (C=O) groups is 2. The molecule has 2 amide bonds. The predicted octanol–water partition coefficient (Wildman–Crippen LogP) is 0.630. The van der Waals surface area contributed by atoms with Gasteiger partial charge in [-0.2, -0.15) is 0 Å². The molecule has 2 rings (SSSR count). The van der Waals surface area contributed by atoms with E-state index in [-0.39, 0.29) is 24.8 Å². The number of aliphatic hydroxyl groups excluding tert-OH is 1. The highest BCUT2D eigenvalue weighted by atomic mass is 16.3. The lowest BCUT2D eigenvalue weighted by molar-refractivity contribution is -0.121. The molecule has 2 N–H and O–H groups in total. The molecule has 0 spiro atoms. The van der Waals surface area contributed by atoms with E-state index in [1.165, 1.54) is 12.3 Å². The molecule has 1 atom stereocenters. The number of piperidine rings is 1. The fraction of sp³-hybridized carbons (Fsp3) is 0.571. The normalized spacial score (nSPS) is 19.8. The first kappa shape index (κ1) is 14.7. The van der Waals surface area contributed by atoms with Gasteiger partial charge in [-0.3, -0.25) is 19.8 Å². The molecule has 1 saturated heterocycles. The second-order valence-corrected chi connectivity index (χ2v) is 5.11. The Balaban J connectivity index is 1.78. The van der Waals surface area contributed by atoms with Crippen molar-refractivity contribution < 1.29 is 19.1 Å². The van der Waals surface area contributed by atoms with Gasteiger partial charge >= 0.3 is 0 Å². The van der Waals surface area contributed by atoms with Gasteiger partial charge < -0.3 is 9.52 Å². The highest BCUT2D eigenvalue weighted by Gasteiger charge is 2.22. The minimum absolute atomic E-state index is 0.134. The summed E-state index contributed by atoms with van der Waals surface area (Å²) in [6.45, 7) is 2.03. The van der Waals surface area contributed by atoms with Crippen LogP contribution in [0.2, 0.25) is 0 Å². The van der Waals surface area contributed by atoms with E-state index < -0.39 is 5.91 Å². The largest absolute Gasteiger partial charge is 0.459 e. The number of rotatable bonds is 5. The number of likely N-dealkylation sites (tertiary alicyclic amines) is 1. The first-order valence-electron chi connectivity index (χ1n) is 6.90. The summed E-state index contributed by atoms with van der Waals surface area (Å²) in [6.07, 6.45) is 4.26. The summed E-state index contributed by atoms with van der Waals surface area (Å²) in [7, 11) is 0. The summed E-state index contributed by atoms with van der Waals surface area (Å²) in [4.78, 5) is 25.5. The van der Waals surface area contributed by atoms with Crippen molar-refractivity contribution in [2.24, 2.45) is 5.92 Å². The van der Waals surface area contributed by atoms with Gasteiger partial charge in [0.2, 0.25) is 5.91 Å². The van der Waals surface area contributed by atoms with Crippen LogP contribution in [0.3, 0.4) is 0 Å². The number of amides is 2. The molecule has 0 aromatic carbocycles. The number of furan rings is 1. The number of nitrogens with zero attached hydrogens (tertiary/aromatic N) is 1. The molecule has 110 valence electrons. The Bertz CT molecular complexity index is 442. The van der Waals surface area contributed by atoms with E-state index in [0.717, 1.165) is 32.4 Å². The number of hydrogen-bond acceptors (Lipinski definition) is 5. The highest BCUT2D eigenvalue weighted by molar-refractivity contribution is 6.03. The van der Waals surface area contributed by atoms with Gasteiger partial charge in [-0.1, -0.05) is 0 Å². The van der Waals surface area contributed by atoms with Crippen LogP contribution in [0.15, 0.2) is 22.8 Å². The summed E-state index contributed by atoms with van der Waals surface area (Å²) in [5, 5.41) is 11.3. The SMILES string of the molecule is O=C(CN1CCCC(CCO)C1)NC(=O)c1ccco1. The predicted molar refractivity (Wildman–Crippen MR) is 72.0 cm³/mol. The highest BCUT2D eigenvalue weighted by Crippen LogP contribution is 2.18. The van der Waals surface area contributed by atoms with E-state index in [1.807, 2.05) is 4.90 Å². The van der Waals surface area contributed by atoms with E-state index in [0.29, 0.717) is 5.92 Å². The van der Waals surface area contributed by atoms with E-state index in [2.05, 4.69) is 5.32 Å². The van der Waals surface area contributed by atoms with E-state index in [9.17, 15) is 9.59 Å². The molecule has 2 heterocycles. The number of nitrogens with one attached hydrogen (secondary N) is 1. The molecule has 1 unspecified atom stereocenters. The number of imide groups is 1. The fourth-order valence-electron chi connectivity index (χ4n) is 2.55. The fourth-order valence-corrected chi connectivity index (χ4v) is 2.55. The van der Waals surface area contributed by atoms with Gasteiger partial charge in [0.1, 0.15) is 0 Å². The second-order valence-electron chi connectivity index (χ2n) is 5.11. The van der Waals surface area contributed by atoms with Crippen molar-refractivity contribution >= 4 is 11.8 Å². The average molecular weight is 280 g/mol. The molecule has 0 radical (unpaired) electrons. The van der Waals surface area contributed by atoms with Crippen LogP contribution in [0.5, 0.6) is 0 Å². The molecule has 0 bridgehead atoms. The lowest BCUT2D eigenvalue weighted by Gasteiger charge is -2.31. The van der Waals surface area contributed by atoms with Crippen molar-refractivity contribution in [1.82, 2.24) is 10.2 Å². The lowest BCUT2D eigenvalue weighted by Crippen LogP contribution is -2.44. The van der Waals surface area contributed by atoms with E-state index in [1.54, 1.807) is 6.07 Å². The Kier molecular flexibility index (Phi) is 5.31. The summed E-state index contributed by atoms with van der Waals surface area (Å²) in [5.41, 5.74) is 0. The third kappa shape index (κ3) is 4.18. The van der Waals surface area contributed by atoms with Gasteiger partial charge in [0.15, 0.2) is 5.76 Å². The van der Waals surface area contributed by atoms with Crippen molar-refractivity contribution in [3.8, 4) is 0 Å². The molecular formula is C14H20N2O4. The minimum Gasteiger partial charge on any atom is -0.459 e. The third-order valence-electron chi connectivity index (χ3n) is 3.51. The molecule has 1 fully saturated rings. The van der Waals surface area contributed by atoms with Crippen LogP contribution < -0.4 is 5.32 Å². The zero-order valence-electron chi connectivity index (χ0n) is 11.4. The number of aliphatic hydroxyl groups is 1. The third-order valence-corrected chi connectivity index (χ3v) is 3.51. The van der Waals surface area contributed by atoms with Crippen LogP contribution in [0.4, 0.5) is 0 Å². The smallest absolute Gasteiger partial charge is 0.293 e. The van der Waals surface area contributed by atoms with Crippen LogP contribution in [0.25, 0.3) is 0 Å². The molecule has 6 heteroatoms. The summed E-state index contributed by atoms with van der Waals surface area (Å²) < 4.78 is 4.93. The van der Waals surface area contributed by atoms with Crippen molar-refractivity contribution in [2.45, 2.75) is 19.3 Å². The summed E-state index contributed by atoms with van der Waals surface area (Å²) in [6, 6.07) is 3.12. The van der Waals surface area contributed by atoms with Gasteiger partial charge in [-0.05, 0) is 43.9 Å². The molecule has 6 nitrogen and oxygen atoms in total.